The van der Waals surface area contributed by atoms with Crippen molar-refractivity contribution in [1.82, 2.24) is 10.2 Å². The van der Waals surface area contributed by atoms with Crippen molar-refractivity contribution in [2.24, 2.45) is 0 Å². The van der Waals surface area contributed by atoms with Gasteiger partial charge in [-0.1, -0.05) is 23.9 Å². The van der Waals surface area contributed by atoms with Crippen LogP contribution < -0.4 is 10.1 Å². The van der Waals surface area contributed by atoms with Gasteiger partial charge in [-0.15, -0.1) is 21.5 Å². The number of aryl methyl sites for hydroxylation is 1. The molecule has 0 radical (unpaired) electrons. The van der Waals surface area contributed by atoms with Crippen molar-refractivity contribution in [2.75, 3.05) is 18.2 Å². The van der Waals surface area contributed by atoms with Crippen molar-refractivity contribution in [1.29, 1.82) is 5.26 Å². The van der Waals surface area contributed by atoms with Gasteiger partial charge in [0.25, 0.3) is 5.22 Å². The zero-order valence-electron chi connectivity index (χ0n) is 15.7. The molecule has 2 aromatic heterocycles. The number of benzene rings is 1. The van der Waals surface area contributed by atoms with Gasteiger partial charge < -0.3 is 14.5 Å². The highest BCUT2D eigenvalue weighted by atomic mass is 32.2. The first-order valence-electron chi connectivity index (χ1n) is 9.09. The van der Waals surface area contributed by atoms with E-state index in [0.717, 1.165) is 36.1 Å². The Kier molecular flexibility index (Phi) is 5.83. The second-order valence-corrected chi connectivity index (χ2v) is 8.53. The van der Waals surface area contributed by atoms with Gasteiger partial charge in [0, 0.05) is 4.88 Å². The topological polar surface area (TPSA) is 101 Å². The maximum absolute atomic E-state index is 12.3. The lowest BCUT2D eigenvalue weighted by Crippen LogP contribution is -2.14. The molecule has 29 heavy (non-hydrogen) atoms. The number of nitriles is 1. The molecule has 2 heterocycles. The van der Waals surface area contributed by atoms with Gasteiger partial charge >= 0.3 is 0 Å². The van der Waals surface area contributed by atoms with Crippen LogP contribution in [0.2, 0.25) is 0 Å². The molecule has 9 heteroatoms. The summed E-state index contributed by atoms with van der Waals surface area (Å²) in [5.41, 5.74) is 2.74. The number of fused-ring (bicyclic) bond motifs is 1. The van der Waals surface area contributed by atoms with E-state index in [1.165, 1.54) is 28.0 Å². The smallest absolute Gasteiger partial charge is 0.277 e. The molecule has 1 N–H and O–H groups in total. The van der Waals surface area contributed by atoms with Crippen LogP contribution in [0.1, 0.15) is 33.9 Å². The number of methoxy groups -OCH3 is 1. The Morgan fingerprint density at radius 3 is 2.93 bits per heavy atom. The molecule has 0 atom stereocenters. The number of anilines is 1. The highest BCUT2D eigenvalue weighted by Crippen LogP contribution is 2.38. The molecule has 0 spiro atoms. The fourth-order valence-electron chi connectivity index (χ4n) is 3.19. The minimum Gasteiger partial charge on any atom is -0.497 e. The molecule has 7 nitrogen and oxygen atoms in total. The second kappa shape index (κ2) is 8.68. The normalized spacial score (nSPS) is 12.4. The third kappa shape index (κ3) is 4.44. The number of hydrogen-bond acceptors (Lipinski definition) is 8. The maximum Gasteiger partial charge on any atom is 0.277 e. The van der Waals surface area contributed by atoms with E-state index in [0.29, 0.717) is 28.1 Å². The number of thiophene rings is 1. The van der Waals surface area contributed by atoms with Crippen LogP contribution in [0.4, 0.5) is 5.00 Å². The standard InChI is InChI=1S/C20H18N4O3S2/c1-26-13-7-5-12(6-8-13)9-18-23-24-20(27-18)28-11-17(25)22-19-15(10-21)14-3-2-4-16(14)29-19/h5-8H,2-4,9,11H2,1H3,(H,22,25). The van der Waals surface area contributed by atoms with Gasteiger partial charge in [0.2, 0.25) is 11.8 Å². The number of thioether (sulfide) groups is 1. The van der Waals surface area contributed by atoms with Crippen LogP contribution in [0.3, 0.4) is 0 Å². The van der Waals surface area contributed by atoms with E-state index in [-0.39, 0.29) is 11.7 Å². The summed E-state index contributed by atoms with van der Waals surface area (Å²) < 4.78 is 10.8. The third-order valence-corrected chi connectivity index (χ3v) is 6.60. The quantitative estimate of drug-likeness (QED) is 0.573. The molecule has 1 aliphatic carbocycles. The second-order valence-electron chi connectivity index (χ2n) is 6.50. The molecule has 4 rings (SSSR count). The Labute approximate surface area is 176 Å². The Morgan fingerprint density at radius 2 is 2.17 bits per heavy atom. The lowest BCUT2D eigenvalue weighted by atomic mass is 10.1. The maximum atomic E-state index is 12.3. The Hall–Kier alpha value is -2.83. The van der Waals surface area contributed by atoms with Crippen molar-refractivity contribution in [3.05, 3.63) is 51.7 Å². The molecule has 1 aromatic carbocycles. The van der Waals surface area contributed by atoms with Crippen molar-refractivity contribution in [2.45, 2.75) is 30.9 Å². The molecule has 1 aliphatic rings. The van der Waals surface area contributed by atoms with E-state index in [4.69, 9.17) is 9.15 Å². The predicted molar refractivity (Wildman–Crippen MR) is 111 cm³/mol. The van der Waals surface area contributed by atoms with Gasteiger partial charge in [0.05, 0.1) is 24.8 Å². The molecular weight excluding hydrogens is 408 g/mol. The van der Waals surface area contributed by atoms with Crippen molar-refractivity contribution in [3.63, 3.8) is 0 Å². The van der Waals surface area contributed by atoms with Crippen LogP contribution in [0.25, 0.3) is 0 Å². The van der Waals surface area contributed by atoms with Crippen LogP contribution in [0, 0.1) is 11.3 Å². The Morgan fingerprint density at radius 1 is 1.34 bits per heavy atom. The van der Waals surface area contributed by atoms with Crippen molar-refractivity contribution in [3.8, 4) is 11.8 Å². The first-order valence-corrected chi connectivity index (χ1v) is 10.9. The van der Waals surface area contributed by atoms with Gasteiger partial charge in [0.1, 0.15) is 16.8 Å². The molecule has 0 saturated carbocycles. The molecular formula is C20H18N4O3S2. The summed E-state index contributed by atoms with van der Waals surface area (Å²) in [6.07, 6.45) is 3.49. The van der Waals surface area contributed by atoms with Crippen LogP contribution in [0.15, 0.2) is 33.9 Å². The van der Waals surface area contributed by atoms with Crippen LogP contribution in [-0.4, -0.2) is 29.0 Å². The molecule has 0 bridgehead atoms. The van der Waals surface area contributed by atoms with Gasteiger partial charge in [-0.25, -0.2) is 0 Å². The number of nitrogens with zero attached hydrogens (tertiary/aromatic N) is 3. The van der Waals surface area contributed by atoms with Gasteiger partial charge in [-0.05, 0) is 42.5 Å². The van der Waals surface area contributed by atoms with Crippen LogP contribution in [-0.2, 0) is 24.1 Å². The summed E-state index contributed by atoms with van der Waals surface area (Å²) in [7, 11) is 1.62. The van der Waals surface area contributed by atoms with Gasteiger partial charge in [-0.2, -0.15) is 5.26 Å². The zero-order valence-corrected chi connectivity index (χ0v) is 17.4. The van der Waals surface area contributed by atoms with E-state index in [2.05, 4.69) is 21.6 Å². The van der Waals surface area contributed by atoms with Crippen molar-refractivity contribution < 1.29 is 13.9 Å². The number of hydrogen-bond donors (Lipinski definition) is 1. The van der Waals surface area contributed by atoms with Gasteiger partial charge in [-0.3, -0.25) is 4.79 Å². The molecule has 1 amide bonds. The lowest BCUT2D eigenvalue weighted by molar-refractivity contribution is -0.113. The molecule has 0 fully saturated rings. The zero-order chi connectivity index (χ0) is 20.2. The number of rotatable bonds is 7. The summed E-state index contributed by atoms with van der Waals surface area (Å²) in [6, 6.07) is 9.86. The number of aromatic nitrogens is 2. The number of amides is 1. The summed E-state index contributed by atoms with van der Waals surface area (Å²) >= 11 is 2.69. The predicted octanol–water partition coefficient (Wildman–Crippen LogP) is 3.82. The number of nitrogens with one attached hydrogen (secondary N) is 1. The minimum absolute atomic E-state index is 0.137. The van der Waals surface area contributed by atoms with Crippen molar-refractivity contribution >= 4 is 34.0 Å². The highest BCUT2D eigenvalue weighted by Gasteiger charge is 2.23. The van der Waals surface area contributed by atoms with Crippen LogP contribution in [0.5, 0.6) is 5.75 Å². The highest BCUT2D eigenvalue weighted by molar-refractivity contribution is 7.99. The Bertz CT molecular complexity index is 1070. The van der Waals surface area contributed by atoms with E-state index in [9.17, 15) is 10.1 Å². The van der Waals surface area contributed by atoms with Gasteiger partial charge in [0.15, 0.2) is 0 Å². The molecule has 148 valence electrons. The lowest BCUT2D eigenvalue weighted by Gasteiger charge is -2.02. The molecule has 0 unspecified atom stereocenters. The molecule has 0 aliphatic heterocycles. The summed E-state index contributed by atoms with van der Waals surface area (Å²) in [5, 5.41) is 21.3. The number of ether oxygens (including phenoxy) is 1. The Balaban J connectivity index is 1.31. The largest absolute Gasteiger partial charge is 0.497 e. The van der Waals surface area contributed by atoms with E-state index >= 15 is 0 Å². The fourth-order valence-corrected chi connectivity index (χ4v) is 5.02. The fraction of sp³-hybridized carbons (Fsp3) is 0.300. The van der Waals surface area contributed by atoms with Crippen LogP contribution >= 0.6 is 23.1 Å². The summed E-state index contributed by atoms with van der Waals surface area (Å²) in [5.74, 6) is 1.22. The number of carbonyl (C=O) groups excluding carboxylic acids is 1. The average molecular weight is 427 g/mol. The molecule has 3 aromatic rings. The summed E-state index contributed by atoms with van der Waals surface area (Å²) in [4.78, 5) is 13.5. The first-order chi connectivity index (χ1) is 14.2. The van der Waals surface area contributed by atoms with E-state index < -0.39 is 0 Å². The minimum atomic E-state index is -0.193. The average Bonchev–Trinajstić information content (AvgIpc) is 3.43. The molecule has 0 saturated heterocycles. The first kappa shape index (κ1) is 19.5. The SMILES string of the molecule is COc1ccc(Cc2nnc(SCC(=O)Nc3sc4c(c3C#N)CCC4)o2)cc1. The number of carbonyl (C=O) groups is 1. The summed E-state index contributed by atoms with van der Waals surface area (Å²) in [6.45, 7) is 0. The van der Waals surface area contributed by atoms with E-state index in [1.807, 2.05) is 24.3 Å². The van der Waals surface area contributed by atoms with E-state index in [1.54, 1.807) is 7.11 Å². The monoisotopic (exact) mass is 426 g/mol. The third-order valence-electron chi connectivity index (χ3n) is 4.58.